The van der Waals surface area contributed by atoms with Gasteiger partial charge >= 0.3 is 0 Å². The molecule has 1 saturated heterocycles. The summed E-state index contributed by atoms with van der Waals surface area (Å²) in [5.41, 5.74) is 2.73. The van der Waals surface area contributed by atoms with Crippen LogP contribution in [0.2, 0.25) is 0 Å². The van der Waals surface area contributed by atoms with Gasteiger partial charge in [0.15, 0.2) is 0 Å². The van der Waals surface area contributed by atoms with Crippen molar-refractivity contribution in [2.45, 2.75) is 89.7 Å². The molecular formula is C22H34N2O2. The molecule has 2 atom stereocenters. The Morgan fingerprint density at radius 3 is 2.58 bits per heavy atom. The van der Waals surface area contributed by atoms with Gasteiger partial charge in [0.1, 0.15) is 0 Å². The highest BCUT2D eigenvalue weighted by molar-refractivity contribution is 5.95. The van der Waals surface area contributed by atoms with Crippen molar-refractivity contribution in [3.63, 3.8) is 0 Å². The number of amides is 1. The summed E-state index contributed by atoms with van der Waals surface area (Å²) < 4.78 is 2.42. The molecule has 0 unspecified atom stereocenters. The summed E-state index contributed by atoms with van der Waals surface area (Å²) in [7, 11) is 0. The normalized spacial score (nSPS) is 30.3. The van der Waals surface area contributed by atoms with Crippen LogP contribution in [0.25, 0.3) is 0 Å². The molecule has 0 bridgehead atoms. The number of aryl methyl sites for hydroxylation is 1. The second kappa shape index (κ2) is 7.03. The molecule has 26 heavy (non-hydrogen) atoms. The molecule has 4 nitrogen and oxygen atoms in total. The standard InChI is InChI=1S/C22H34N2O2/c1-16-14-20(17(2)24(16)19-9-4-3-5-10-19)21(25)23-13-12-22(26)11-7-6-8-18(22)15-23/h14,18-19,26H,3-13,15H2,1-2H3/t18-,22-/m1/s1. The van der Waals surface area contributed by atoms with Crippen LogP contribution in [0, 0.1) is 19.8 Å². The van der Waals surface area contributed by atoms with Crippen LogP contribution in [0.4, 0.5) is 0 Å². The van der Waals surface area contributed by atoms with E-state index in [-0.39, 0.29) is 11.8 Å². The van der Waals surface area contributed by atoms with Crippen molar-refractivity contribution in [1.29, 1.82) is 0 Å². The van der Waals surface area contributed by atoms with Gasteiger partial charge in [0.25, 0.3) is 5.91 Å². The monoisotopic (exact) mass is 358 g/mol. The maximum atomic E-state index is 13.3. The zero-order valence-electron chi connectivity index (χ0n) is 16.5. The Labute approximate surface area is 157 Å². The van der Waals surface area contributed by atoms with Gasteiger partial charge in [-0.2, -0.15) is 0 Å². The van der Waals surface area contributed by atoms with E-state index in [9.17, 15) is 9.90 Å². The van der Waals surface area contributed by atoms with Crippen LogP contribution >= 0.6 is 0 Å². The van der Waals surface area contributed by atoms with Crippen molar-refractivity contribution in [2.75, 3.05) is 13.1 Å². The molecule has 144 valence electrons. The van der Waals surface area contributed by atoms with Crippen molar-refractivity contribution in [3.05, 3.63) is 23.0 Å². The van der Waals surface area contributed by atoms with Crippen LogP contribution in [0.3, 0.4) is 0 Å². The third-order valence-corrected chi connectivity index (χ3v) is 7.37. The van der Waals surface area contributed by atoms with Gasteiger partial charge in [-0.3, -0.25) is 4.79 Å². The molecule has 1 aromatic rings. The second-order valence-corrected chi connectivity index (χ2v) is 8.99. The molecule has 1 N–H and O–H groups in total. The van der Waals surface area contributed by atoms with Crippen LogP contribution in [-0.4, -0.2) is 39.2 Å². The maximum Gasteiger partial charge on any atom is 0.255 e. The first kappa shape index (κ1) is 18.1. The maximum absolute atomic E-state index is 13.3. The lowest BCUT2D eigenvalue weighted by Gasteiger charge is -2.47. The summed E-state index contributed by atoms with van der Waals surface area (Å²) in [5.74, 6) is 0.434. The van der Waals surface area contributed by atoms with E-state index in [1.807, 2.05) is 4.90 Å². The lowest BCUT2D eigenvalue weighted by Crippen LogP contribution is -2.54. The number of fused-ring (bicyclic) bond motifs is 1. The predicted molar refractivity (Wildman–Crippen MR) is 103 cm³/mol. The summed E-state index contributed by atoms with van der Waals surface area (Å²) in [6.45, 7) is 5.69. The Kier molecular flexibility index (Phi) is 4.89. The van der Waals surface area contributed by atoms with Crippen LogP contribution in [0.1, 0.15) is 92.0 Å². The SMILES string of the molecule is Cc1cc(C(=O)N2CC[C@]3(O)CCCC[C@@H]3C2)c(C)n1C1CCCCC1. The van der Waals surface area contributed by atoms with Crippen molar-refractivity contribution in [3.8, 4) is 0 Å². The Hall–Kier alpha value is -1.29. The van der Waals surface area contributed by atoms with Crippen molar-refractivity contribution in [1.82, 2.24) is 9.47 Å². The van der Waals surface area contributed by atoms with Gasteiger partial charge in [0, 0.05) is 36.4 Å². The van der Waals surface area contributed by atoms with Crippen LogP contribution < -0.4 is 0 Å². The fraction of sp³-hybridized carbons (Fsp3) is 0.773. The molecule has 1 aliphatic heterocycles. The molecule has 0 radical (unpaired) electrons. The highest BCUT2D eigenvalue weighted by atomic mass is 16.3. The zero-order valence-corrected chi connectivity index (χ0v) is 16.5. The van der Waals surface area contributed by atoms with Gasteiger partial charge in [0.05, 0.1) is 11.2 Å². The third kappa shape index (κ3) is 3.11. The average Bonchev–Trinajstić information content (AvgIpc) is 2.95. The number of carbonyl (C=O) groups is 1. The summed E-state index contributed by atoms with van der Waals surface area (Å²) in [4.78, 5) is 15.3. The summed E-state index contributed by atoms with van der Waals surface area (Å²) >= 11 is 0. The minimum absolute atomic E-state index is 0.174. The minimum atomic E-state index is -0.520. The number of aromatic nitrogens is 1. The Morgan fingerprint density at radius 2 is 1.81 bits per heavy atom. The molecule has 1 amide bonds. The van der Waals surface area contributed by atoms with E-state index in [0.29, 0.717) is 12.6 Å². The molecule has 3 aliphatic rings. The van der Waals surface area contributed by atoms with Crippen molar-refractivity contribution >= 4 is 5.91 Å². The lowest BCUT2D eigenvalue weighted by molar-refractivity contribution is -0.0886. The first-order valence-electron chi connectivity index (χ1n) is 10.7. The van der Waals surface area contributed by atoms with E-state index in [1.165, 1.54) is 44.2 Å². The topological polar surface area (TPSA) is 45.5 Å². The number of hydrogen-bond acceptors (Lipinski definition) is 2. The van der Waals surface area contributed by atoms with Gasteiger partial charge in [-0.15, -0.1) is 0 Å². The number of hydrogen-bond donors (Lipinski definition) is 1. The molecule has 4 rings (SSSR count). The molecule has 2 saturated carbocycles. The van der Waals surface area contributed by atoms with Gasteiger partial charge in [-0.1, -0.05) is 32.1 Å². The molecule has 4 heteroatoms. The number of likely N-dealkylation sites (tertiary alicyclic amines) is 1. The average molecular weight is 359 g/mol. The van der Waals surface area contributed by atoms with E-state index >= 15 is 0 Å². The van der Waals surface area contributed by atoms with Crippen LogP contribution in [0.15, 0.2) is 6.07 Å². The van der Waals surface area contributed by atoms with E-state index < -0.39 is 5.60 Å². The molecule has 0 aromatic carbocycles. The van der Waals surface area contributed by atoms with Gasteiger partial charge in [-0.05, 0) is 52.0 Å². The number of nitrogens with zero attached hydrogens (tertiary/aromatic N) is 2. The van der Waals surface area contributed by atoms with Gasteiger partial charge in [-0.25, -0.2) is 0 Å². The second-order valence-electron chi connectivity index (χ2n) is 8.99. The predicted octanol–water partition coefficient (Wildman–Crippen LogP) is 4.38. The smallest absolute Gasteiger partial charge is 0.255 e. The summed E-state index contributed by atoms with van der Waals surface area (Å²) in [6, 6.07) is 2.67. The van der Waals surface area contributed by atoms with E-state index in [0.717, 1.165) is 43.5 Å². The zero-order chi connectivity index (χ0) is 18.3. The van der Waals surface area contributed by atoms with Gasteiger partial charge in [0.2, 0.25) is 0 Å². The third-order valence-electron chi connectivity index (χ3n) is 7.37. The van der Waals surface area contributed by atoms with Crippen LogP contribution in [0.5, 0.6) is 0 Å². The van der Waals surface area contributed by atoms with Crippen molar-refractivity contribution in [2.24, 2.45) is 5.92 Å². The first-order valence-corrected chi connectivity index (χ1v) is 10.7. The molecule has 2 heterocycles. The molecular weight excluding hydrogens is 324 g/mol. The number of aliphatic hydroxyl groups is 1. The summed E-state index contributed by atoms with van der Waals surface area (Å²) in [6.07, 6.45) is 11.5. The Morgan fingerprint density at radius 1 is 1.08 bits per heavy atom. The summed E-state index contributed by atoms with van der Waals surface area (Å²) in [5, 5.41) is 10.9. The van der Waals surface area contributed by atoms with Crippen LogP contribution in [-0.2, 0) is 0 Å². The molecule has 0 spiro atoms. The number of rotatable bonds is 2. The Balaban J connectivity index is 1.53. The fourth-order valence-corrected chi connectivity index (χ4v) is 5.82. The van der Waals surface area contributed by atoms with Crippen molar-refractivity contribution < 1.29 is 9.90 Å². The molecule has 3 fully saturated rings. The van der Waals surface area contributed by atoms with E-state index in [2.05, 4.69) is 24.5 Å². The number of piperidine rings is 1. The fourth-order valence-electron chi connectivity index (χ4n) is 5.82. The highest BCUT2D eigenvalue weighted by Crippen LogP contribution is 2.40. The Bertz CT molecular complexity index is 674. The van der Waals surface area contributed by atoms with Gasteiger partial charge < -0.3 is 14.6 Å². The number of carbonyl (C=O) groups excluding carboxylic acids is 1. The first-order chi connectivity index (χ1) is 12.5. The molecule has 2 aliphatic carbocycles. The van der Waals surface area contributed by atoms with E-state index in [1.54, 1.807) is 0 Å². The van der Waals surface area contributed by atoms with E-state index in [4.69, 9.17) is 0 Å². The quantitative estimate of drug-likeness (QED) is 0.853. The minimum Gasteiger partial charge on any atom is -0.389 e. The highest BCUT2D eigenvalue weighted by Gasteiger charge is 2.44. The lowest BCUT2D eigenvalue weighted by atomic mass is 9.71. The molecule has 1 aromatic heterocycles. The largest absolute Gasteiger partial charge is 0.389 e.